The average Bonchev–Trinajstić information content (AvgIpc) is 2.47. The van der Waals surface area contributed by atoms with Gasteiger partial charge in [0.15, 0.2) is 0 Å². The fourth-order valence-electron chi connectivity index (χ4n) is 3.49. The Morgan fingerprint density at radius 2 is 1.95 bits per heavy atom. The van der Waals surface area contributed by atoms with E-state index in [1.165, 1.54) is 0 Å². The first-order valence-electron chi connectivity index (χ1n) is 7.52. The molecule has 1 aromatic carbocycles. The van der Waals surface area contributed by atoms with E-state index in [4.69, 9.17) is 38.4 Å². The van der Waals surface area contributed by atoms with Gasteiger partial charge in [0.05, 0.1) is 5.60 Å². The summed E-state index contributed by atoms with van der Waals surface area (Å²) >= 11 is 12.3. The van der Waals surface area contributed by atoms with Gasteiger partial charge in [-0.25, -0.2) is 0 Å². The Bertz CT molecular complexity index is 498. The van der Waals surface area contributed by atoms with Crippen molar-refractivity contribution in [1.82, 2.24) is 0 Å². The predicted octanol–water partition coefficient (Wildman–Crippen LogP) is 3.97. The Labute approximate surface area is 135 Å². The number of halogens is 2. The third-order valence-corrected chi connectivity index (χ3v) is 5.33. The van der Waals surface area contributed by atoms with Crippen LogP contribution >= 0.6 is 23.2 Å². The van der Waals surface area contributed by atoms with Crippen LogP contribution in [0.1, 0.15) is 37.3 Å². The molecular formula is C16H21Cl2NO2. The quantitative estimate of drug-likeness (QED) is 0.892. The summed E-state index contributed by atoms with van der Waals surface area (Å²) in [6.07, 6.45) is 3.88. The van der Waals surface area contributed by atoms with E-state index >= 15 is 0 Å². The summed E-state index contributed by atoms with van der Waals surface area (Å²) in [6.45, 7) is 2.33. The molecule has 3 nitrogen and oxygen atoms in total. The number of nitrogens with two attached hydrogens (primary N) is 1. The average molecular weight is 330 g/mol. The zero-order valence-corrected chi connectivity index (χ0v) is 13.5. The summed E-state index contributed by atoms with van der Waals surface area (Å²) in [5, 5.41) is 1.30. The fraction of sp³-hybridized carbons (Fsp3) is 0.625. The SMILES string of the molecule is NC(c1ccc(Cl)cc1Cl)C1CCOC2(CCOCC2)C1. The van der Waals surface area contributed by atoms with Crippen molar-refractivity contribution in [3.05, 3.63) is 33.8 Å². The van der Waals surface area contributed by atoms with E-state index in [1.807, 2.05) is 12.1 Å². The maximum absolute atomic E-state index is 6.50. The second kappa shape index (κ2) is 6.43. The van der Waals surface area contributed by atoms with Gasteiger partial charge in [-0.3, -0.25) is 0 Å². The maximum atomic E-state index is 6.50. The first-order valence-corrected chi connectivity index (χ1v) is 8.27. The Kier molecular flexibility index (Phi) is 4.77. The van der Waals surface area contributed by atoms with E-state index in [1.54, 1.807) is 6.07 Å². The Balaban J connectivity index is 1.76. The molecule has 2 atom stereocenters. The Morgan fingerprint density at radius 1 is 1.19 bits per heavy atom. The highest BCUT2D eigenvalue weighted by Crippen LogP contribution is 2.42. The van der Waals surface area contributed by atoms with Crippen molar-refractivity contribution in [2.45, 2.75) is 37.3 Å². The van der Waals surface area contributed by atoms with E-state index in [0.717, 1.165) is 51.1 Å². The van der Waals surface area contributed by atoms with Gasteiger partial charge in [-0.15, -0.1) is 0 Å². The third-order valence-electron chi connectivity index (χ3n) is 4.76. The smallest absolute Gasteiger partial charge is 0.0729 e. The topological polar surface area (TPSA) is 44.5 Å². The Morgan fingerprint density at radius 3 is 2.67 bits per heavy atom. The molecule has 1 spiro atoms. The van der Waals surface area contributed by atoms with Crippen molar-refractivity contribution >= 4 is 23.2 Å². The molecule has 0 aliphatic carbocycles. The predicted molar refractivity (Wildman–Crippen MR) is 84.9 cm³/mol. The summed E-state index contributed by atoms with van der Waals surface area (Å²) in [5.41, 5.74) is 7.43. The van der Waals surface area contributed by atoms with Gasteiger partial charge in [0, 0.05) is 35.9 Å². The van der Waals surface area contributed by atoms with Crippen molar-refractivity contribution in [2.75, 3.05) is 19.8 Å². The first-order chi connectivity index (χ1) is 10.1. The lowest BCUT2D eigenvalue weighted by Crippen LogP contribution is -2.46. The van der Waals surface area contributed by atoms with Crippen molar-refractivity contribution in [3.63, 3.8) is 0 Å². The molecule has 0 bridgehead atoms. The van der Waals surface area contributed by atoms with Crippen LogP contribution in [0.25, 0.3) is 0 Å². The molecule has 0 aromatic heterocycles. The van der Waals surface area contributed by atoms with E-state index < -0.39 is 0 Å². The lowest BCUT2D eigenvalue weighted by molar-refractivity contribution is -0.149. The maximum Gasteiger partial charge on any atom is 0.0729 e. The number of benzene rings is 1. The molecule has 5 heteroatoms. The molecule has 0 saturated carbocycles. The molecule has 2 saturated heterocycles. The second-order valence-corrected chi connectivity index (χ2v) is 6.93. The molecule has 2 aliphatic rings. The minimum absolute atomic E-state index is 0.0440. The van der Waals surface area contributed by atoms with Gasteiger partial charge in [0.2, 0.25) is 0 Å². The van der Waals surface area contributed by atoms with Gasteiger partial charge in [0.25, 0.3) is 0 Å². The van der Waals surface area contributed by atoms with Crippen molar-refractivity contribution in [3.8, 4) is 0 Å². The number of hydrogen-bond donors (Lipinski definition) is 1. The minimum atomic E-state index is -0.0709. The first kappa shape index (κ1) is 15.6. The molecule has 21 heavy (non-hydrogen) atoms. The molecule has 2 fully saturated rings. The summed E-state index contributed by atoms with van der Waals surface area (Å²) < 4.78 is 11.5. The summed E-state index contributed by atoms with van der Waals surface area (Å²) in [6, 6.07) is 5.49. The van der Waals surface area contributed by atoms with Crippen molar-refractivity contribution in [1.29, 1.82) is 0 Å². The third kappa shape index (κ3) is 3.38. The van der Waals surface area contributed by atoms with Gasteiger partial charge in [-0.2, -0.15) is 0 Å². The number of rotatable bonds is 2. The van der Waals surface area contributed by atoms with Gasteiger partial charge in [0.1, 0.15) is 0 Å². The highest BCUT2D eigenvalue weighted by atomic mass is 35.5. The molecule has 2 heterocycles. The fourth-order valence-corrected chi connectivity index (χ4v) is 4.02. The highest BCUT2D eigenvalue weighted by Gasteiger charge is 2.41. The molecule has 116 valence electrons. The standard InChI is InChI=1S/C16H21Cl2NO2/c17-12-1-2-13(14(18)9-12)15(19)11-3-6-21-16(10-11)4-7-20-8-5-16/h1-2,9,11,15H,3-8,10,19H2. The van der Waals surface area contributed by atoms with Crippen molar-refractivity contribution < 1.29 is 9.47 Å². The van der Waals surface area contributed by atoms with E-state index in [0.29, 0.717) is 16.0 Å². The van der Waals surface area contributed by atoms with Crippen LogP contribution in [0.15, 0.2) is 18.2 Å². The molecule has 0 radical (unpaired) electrons. The largest absolute Gasteiger partial charge is 0.381 e. The Hall–Kier alpha value is -0.320. The molecule has 3 rings (SSSR count). The number of ether oxygens (including phenoxy) is 2. The second-order valence-electron chi connectivity index (χ2n) is 6.09. The normalized spacial score (nSPS) is 26.7. The van der Waals surface area contributed by atoms with Crippen molar-refractivity contribution in [2.24, 2.45) is 11.7 Å². The lowest BCUT2D eigenvalue weighted by Gasteiger charge is -2.44. The zero-order valence-electron chi connectivity index (χ0n) is 12.0. The van der Waals surface area contributed by atoms with Gasteiger partial charge in [-0.1, -0.05) is 29.3 Å². The molecule has 2 aliphatic heterocycles. The number of hydrogen-bond acceptors (Lipinski definition) is 3. The van der Waals surface area contributed by atoms with Crippen LogP contribution in [0.4, 0.5) is 0 Å². The molecule has 1 aromatic rings. The monoisotopic (exact) mass is 329 g/mol. The van der Waals surface area contributed by atoms with Gasteiger partial charge < -0.3 is 15.2 Å². The summed E-state index contributed by atoms with van der Waals surface area (Å²) in [5.74, 6) is 0.385. The summed E-state index contributed by atoms with van der Waals surface area (Å²) in [4.78, 5) is 0. The van der Waals surface area contributed by atoms with Crippen LogP contribution in [-0.2, 0) is 9.47 Å². The highest BCUT2D eigenvalue weighted by molar-refractivity contribution is 6.35. The minimum Gasteiger partial charge on any atom is -0.381 e. The van der Waals surface area contributed by atoms with E-state index in [-0.39, 0.29) is 11.6 Å². The van der Waals surface area contributed by atoms with Crippen LogP contribution in [0.3, 0.4) is 0 Å². The van der Waals surface area contributed by atoms with E-state index in [2.05, 4.69) is 0 Å². The lowest BCUT2D eigenvalue weighted by atomic mass is 9.76. The van der Waals surface area contributed by atoms with Crippen LogP contribution in [0.2, 0.25) is 10.0 Å². The van der Waals surface area contributed by atoms with Crippen LogP contribution in [0.5, 0.6) is 0 Å². The van der Waals surface area contributed by atoms with Crippen LogP contribution < -0.4 is 5.73 Å². The molecule has 2 N–H and O–H groups in total. The molecular weight excluding hydrogens is 309 g/mol. The zero-order chi connectivity index (χ0) is 14.9. The molecule has 0 amide bonds. The van der Waals surface area contributed by atoms with E-state index in [9.17, 15) is 0 Å². The van der Waals surface area contributed by atoms with Gasteiger partial charge in [-0.05, 0) is 49.3 Å². The van der Waals surface area contributed by atoms with Crippen LogP contribution in [0, 0.1) is 5.92 Å². The molecule has 2 unspecified atom stereocenters. The van der Waals surface area contributed by atoms with Crippen LogP contribution in [-0.4, -0.2) is 25.4 Å². The summed E-state index contributed by atoms with van der Waals surface area (Å²) in [7, 11) is 0. The van der Waals surface area contributed by atoms with Gasteiger partial charge >= 0.3 is 0 Å².